The molecule has 0 saturated carbocycles. The van der Waals surface area contributed by atoms with Crippen LogP contribution >= 0.6 is 0 Å². The molecule has 4 nitrogen and oxygen atoms in total. The van der Waals surface area contributed by atoms with E-state index in [0.717, 1.165) is 54.2 Å². The molecule has 2 aromatic carbocycles. The van der Waals surface area contributed by atoms with E-state index in [9.17, 15) is 9.59 Å². The van der Waals surface area contributed by atoms with E-state index in [1.165, 1.54) is 0 Å². The molecular weight excluding hydrogens is 352 g/mol. The van der Waals surface area contributed by atoms with E-state index in [1.807, 2.05) is 37.3 Å². The zero-order valence-corrected chi connectivity index (χ0v) is 16.3. The highest BCUT2D eigenvalue weighted by Gasteiger charge is 2.21. The van der Waals surface area contributed by atoms with Crippen LogP contribution in [0.3, 0.4) is 0 Å². The van der Waals surface area contributed by atoms with Gasteiger partial charge in [0.05, 0.1) is 0 Å². The average Bonchev–Trinajstić information content (AvgIpc) is 2.97. The average molecular weight is 376 g/mol. The summed E-state index contributed by atoms with van der Waals surface area (Å²) in [6.45, 7) is 3.62. The van der Waals surface area contributed by atoms with Crippen molar-refractivity contribution in [2.45, 2.75) is 52.1 Å². The largest absolute Gasteiger partial charge is 0.482 e. The Kier molecular flexibility index (Phi) is 5.03. The first-order valence-electron chi connectivity index (χ1n) is 9.90. The number of benzene rings is 2. The topological polar surface area (TPSA) is 56.5 Å². The van der Waals surface area contributed by atoms with Gasteiger partial charge in [0.2, 0.25) is 5.78 Å². The molecule has 3 aromatic rings. The molecule has 0 radical (unpaired) electrons. The molecule has 0 bridgehead atoms. The van der Waals surface area contributed by atoms with Crippen molar-refractivity contribution in [3.63, 3.8) is 0 Å². The molecule has 1 aliphatic carbocycles. The molecular formula is C24H24O4. The van der Waals surface area contributed by atoms with Gasteiger partial charge in [-0.3, -0.25) is 4.79 Å². The maximum Gasteiger partial charge on any atom is 0.339 e. The highest BCUT2D eigenvalue weighted by Crippen LogP contribution is 2.32. The summed E-state index contributed by atoms with van der Waals surface area (Å²) in [5.74, 6) is 0.490. The maximum atomic E-state index is 12.6. The zero-order chi connectivity index (χ0) is 19.7. The Morgan fingerprint density at radius 1 is 1.00 bits per heavy atom. The Labute approximate surface area is 164 Å². The molecule has 144 valence electrons. The number of hydrogen-bond acceptors (Lipinski definition) is 4. The molecule has 1 atom stereocenters. The van der Waals surface area contributed by atoms with Crippen LogP contribution < -0.4 is 10.4 Å². The molecule has 0 spiro atoms. The third kappa shape index (κ3) is 3.35. The van der Waals surface area contributed by atoms with Gasteiger partial charge in [-0.2, -0.15) is 0 Å². The number of rotatable bonds is 4. The fourth-order valence-corrected chi connectivity index (χ4v) is 4.01. The van der Waals surface area contributed by atoms with Crippen LogP contribution in [0.5, 0.6) is 5.75 Å². The maximum absolute atomic E-state index is 12.6. The van der Waals surface area contributed by atoms with Crippen molar-refractivity contribution in [3.05, 3.63) is 75.1 Å². The molecule has 0 aliphatic heterocycles. The molecule has 0 saturated heterocycles. The standard InChI is InChI=1S/C24H24O4/c1-15-21(27-16(2)22(25)17-9-5-3-6-10-17)14-13-19-18-11-7-4-8-12-20(18)24(26)28-23(15)19/h3,5-6,9-10,13-14,16H,4,7-8,11-12H2,1-2H3. The minimum Gasteiger partial charge on any atom is -0.482 e. The van der Waals surface area contributed by atoms with Gasteiger partial charge in [0.25, 0.3) is 0 Å². The number of carbonyl (C=O) groups excluding carboxylic acids is 1. The first-order chi connectivity index (χ1) is 13.6. The van der Waals surface area contributed by atoms with E-state index in [2.05, 4.69) is 0 Å². The molecule has 1 aliphatic rings. The van der Waals surface area contributed by atoms with Gasteiger partial charge in [-0.25, -0.2) is 4.79 Å². The molecule has 1 unspecified atom stereocenters. The lowest BCUT2D eigenvalue weighted by atomic mass is 9.98. The molecule has 4 heteroatoms. The first-order valence-corrected chi connectivity index (χ1v) is 9.90. The van der Waals surface area contributed by atoms with Crippen LogP contribution in [0.25, 0.3) is 11.0 Å². The van der Waals surface area contributed by atoms with E-state index in [0.29, 0.717) is 16.9 Å². The Balaban J connectivity index is 1.70. The summed E-state index contributed by atoms with van der Waals surface area (Å²) in [5.41, 5.74) is 3.65. The van der Waals surface area contributed by atoms with Crippen LogP contribution in [0.4, 0.5) is 0 Å². The van der Waals surface area contributed by atoms with Crippen LogP contribution in [-0.2, 0) is 12.8 Å². The van der Waals surface area contributed by atoms with Gasteiger partial charge in [0, 0.05) is 22.1 Å². The lowest BCUT2D eigenvalue weighted by molar-refractivity contribution is 0.0817. The number of hydrogen-bond donors (Lipinski definition) is 0. The second kappa shape index (κ2) is 7.63. The van der Waals surface area contributed by atoms with Gasteiger partial charge in [0.15, 0.2) is 6.10 Å². The van der Waals surface area contributed by atoms with Gasteiger partial charge in [-0.05, 0) is 57.2 Å². The van der Waals surface area contributed by atoms with Crippen LogP contribution in [0.2, 0.25) is 0 Å². The summed E-state index contributed by atoms with van der Waals surface area (Å²) in [6, 6.07) is 13.0. The minimum atomic E-state index is -0.633. The van der Waals surface area contributed by atoms with Crippen LogP contribution in [0, 0.1) is 6.92 Å². The summed E-state index contributed by atoms with van der Waals surface area (Å²) in [4.78, 5) is 25.2. The Hall–Kier alpha value is -2.88. The zero-order valence-electron chi connectivity index (χ0n) is 16.3. The third-order valence-electron chi connectivity index (χ3n) is 5.57. The fraction of sp³-hybridized carbons (Fsp3) is 0.333. The van der Waals surface area contributed by atoms with Crippen molar-refractivity contribution < 1.29 is 13.9 Å². The van der Waals surface area contributed by atoms with Crippen molar-refractivity contribution in [3.8, 4) is 5.75 Å². The molecule has 1 heterocycles. The highest BCUT2D eigenvalue weighted by atomic mass is 16.5. The lowest BCUT2D eigenvalue weighted by Gasteiger charge is -2.17. The number of Topliss-reactive ketones (excluding diaryl/α,β-unsaturated/α-hetero) is 1. The first kappa shape index (κ1) is 18.5. The van der Waals surface area contributed by atoms with Gasteiger partial charge in [-0.1, -0.05) is 36.8 Å². The monoisotopic (exact) mass is 376 g/mol. The van der Waals surface area contributed by atoms with E-state index in [-0.39, 0.29) is 11.4 Å². The van der Waals surface area contributed by atoms with E-state index < -0.39 is 6.10 Å². The van der Waals surface area contributed by atoms with Gasteiger partial charge in [0.1, 0.15) is 11.3 Å². The molecule has 0 amide bonds. The van der Waals surface area contributed by atoms with Crippen LogP contribution in [-0.4, -0.2) is 11.9 Å². The number of ether oxygens (including phenoxy) is 1. The van der Waals surface area contributed by atoms with Crippen molar-refractivity contribution in [1.82, 2.24) is 0 Å². The van der Waals surface area contributed by atoms with Crippen LogP contribution in [0.1, 0.15) is 53.2 Å². The van der Waals surface area contributed by atoms with Gasteiger partial charge < -0.3 is 9.15 Å². The Bertz CT molecular complexity index is 1080. The summed E-state index contributed by atoms with van der Waals surface area (Å²) < 4.78 is 11.7. The molecule has 28 heavy (non-hydrogen) atoms. The summed E-state index contributed by atoms with van der Waals surface area (Å²) in [5, 5.41) is 0.989. The SMILES string of the molecule is Cc1c(OC(C)C(=O)c2ccccc2)ccc2c3c(c(=O)oc12)CCCCC3. The summed E-state index contributed by atoms with van der Waals surface area (Å²) in [7, 11) is 0. The molecule has 4 rings (SSSR count). The van der Waals surface area contributed by atoms with Crippen molar-refractivity contribution in [1.29, 1.82) is 0 Å². The Morgan fingerprint density at radius 3 is 2.46 bits per heavy atom. The third-order valence-corrected chi connectivity index (χ3v) is 5.57. The Morgan fingerprint density at radius 2 is 1.71 bits per heavy atom. The number of aryl methyl sites for hydroxylation is 2. The van der Waals surface area contributed by atoms with Crippen molar-refractivity contribution in [2.75, 3.05) is 0 Å². The highest BCUT2D eigenvalue weighted by molar-refractivity contribution is 5.99. The normalized spacial score (nSPS) is 14.9. The molecule has 0 fully saturated rings. The second-order valence-electron chi connectivity index (χ2n) is 7.46. The quantitative estimate of drug-likeness (QED) is 0.364. The van der Waals surface area contributed by atoms with Crippen molar-refractivity contribution in [2.24, 2.45) is 0 Å². The predicted molar refractivity (Wildman–Crippen MR) is 109 cm³/mol. The molecule has 1 aromatic heterocycles. The minimum absolute atomic E-state index is 0.0801. The number of fused-ring (bicyclic) bond motifs is 3. The van der Waals surface area contributed by atoms with Gasteiger partial charge in [-0.15, -0.1) is 0 Å². The number of ketones is 1. The predicted octanol–water partition coefficient (Wildman–Crippen LogP) is 5.02. The van der Waals surface area contributed by atoms with Crippen molar-refractivity contribution >= 4 is 16.8 Å². The van der Waals surface area contributed by atoms with E-state index in [4.69, 9.17) is 9.15 Å². The van der Waals surface area contributed by atoms with E-state index in [1.54, 1.807) is 19.1 Å². The second-order valence-corrected chi connectivity index (χ2v) is 7.46. The van der Waals surface area contributed by atoms with Crippen LogP contribution in [0.15, 0.2) is 51.7 Å². The fourth-order valence-electron chi connectivity index (χ4n) is 4.01. The van der Waals surface area contributed by atoms with Gasteiger partial charge >= 0.3 is 5.63 Å². The molecule has 0 N–H and O–H groups in total. The number of carbonyl (C=O) groups is 1. The summed E-state index contributed by atoms with van der Waals surface area (Å²) in [6.07, 6.45) is 4.31. The summed E-state index contributed by atoms with van der Waals surface area (Å²) >= 11 is 0. The van der Waals surface area contributed by atoms with E-state index >= 15 is 0 Å². The lowest BCUT2D eigenvalue weighted by Crippen LogP contribution is -2.24. The smallest absolute Gasteiger partial charge is 0.339 e.